The van der Waals surface area contributed by atoms with Gasteiger partial charge in [-0.25, -0.2) is 0 Å². The molecule has 1 heterocycles. The zero-order chi connectivity index (χ0) is 5.82. The molecule has 0 aliphatic carbocycles. The Morgan fingerprint density at radius 1 is 1.56 bits per heavy atom. The monoisotopic (exact) mass is 127 g/mol. The van der Waals surface area contributed by atoms with Crippen molar-refractivity contribution in [2.24, 2.45) is 0 Å². The largest absolute Gasteiger partial charge is 0.298 e. The van der Waals surface area contributed by atoms with Crippen LogP contribution in [-0.4, -0.2) is 11.3 Å². The Kier molecular flexibility index (Phi) is 3.20. The van der Waals surface area contributed by atoms with Crippen LogP contribution in [0.5, 0.6) is 0 Å². The summed E-state index contributed by atoms with van der Waals surface area (Å²) < 4.78 is 0. The minimum Gasteiger partial charge on any atom is -0.298 e. The summed E-state index contributed by atoms with van der Waals surface area (Å²) >= 11 is 0. The second-order valence-electron chi connectivity index (χ2n) is 1.40. The van der Waals surface area contributed by atoms with Crippen molar-refractivity contribution < 1.29 is 9.50 Å². The molecule has 1 rings (SSSR count). The lowest BCUT2D eigenvalue weighted by Gasteiger charge is -1.81. The molecule has 0 unspecified atom stereocenters. The predicted octanol–water partition coefficient (Wildman–Crippen LogP) is 1.05. The maximum atomic E-state index is 9.97. The molecular formula is C6H6FNO. The van der Waals surface area contributed by atoms with E-state index >= 15 is 0 Å². The first-order chi connectivity index (χ1) is 3.93. The summed E-state index contributed by atoms with van der Waals surface area (Å²) in [6.45, 7) is 0. The van der Waals surface area contributed by atoms with Crippen LogP contribution < -0.4 is 0 Å². The fraction of sp³-hybridized carbons (Fsp3) is 0. The maximum Gasteiger partial charge on any atom is 0.151 e. The topological polar surface area (TPSA) is 30.0 Å². The summed E-state index contributed by atoms with van der Waals surface area (Å²) in [7, 11) is 0. The van der Waals surface area contributed by atoms with Gasteiger partial charge < -0.3 is 0 Å². The number of rotatable bonds is 1. The van der Waals surface area contributed by atoms with Gasteiger partial charge in [0.15, 0.2) is 6.29 Å². The van der Waals surface area contributed by atoms with Gasteiger partial charge in [-0.1, -0.05) is 0 Å². The van der Waals surface area contributed by atoms with Crippen molar-refractivity contribution in [3.63, 3.8) is 0 Å². The van der Waals surface area contributed by atoms with Crippen LogP contribution in [0.4, 0.5) is 4.70 Å². The summed E-state index contributed by atoms with van der Waals surface area (Å²) in [4.78, 5) is 13.7. The summed E-state index contributed by atoms with van der Waals surface area (Å²) in [5.41, 5.74) is 0.618. The highest BCUT2D eigenvalue weighted by molar-refractivity contribution is 5.73. The number of pyridine rings is 1. The second kappa shape index (κ2) is 3.72. The molecule has 0 aliphatic rings. The standard InChI is InChI=1S/C6H5NO.FH/c8-5-6-2-1-3-7-4-6;/h1-5H;1H. The number of hydrogen-bond acceptors (Lipinski definition) is 2. The molecule has 48 valence electrons. The Morgan fingerprint density at radius 3 is 2.67 bits per heavy atom. The summed E-state index contributed by atoms with van der Waals surface area (Å²) in [5, 5.41) is 0. The molecule has 2 nitrogen and oxygen atoms in total. The van der Waals surface area contributed by atoms with Gasteiger partial charge in [0.1, 0.15) is 0 Å². The highest BCUT2D eigenvalue weighted by Gasteiger charge is 1.81. The summed E-state index contributed by atoms with van der Waals surface area (Å²) in [5.74, 6) is 0. The Balaban J connectivity index is 0.000000640. The number of aldehydes is 1. The molecule has 3 heteroatoms. The van der Waals surface area contributed by atoms with E-state index in [0.717, 1.165) is 6.29 Å². The van der Waals surface area contributed by atoms with Crippen molar-refractivity contribution in [3.05, 3.63) is 30.1 Å². The Bertz CT molecular complexity index is 176. The van der Waals surface area contributed by atoms with Gasteiger partial charge in [-0.3, -0.25) is 14.5 Å². The number of aromatic nitrogens is 1. The molecule has 0 saturated heterocycles. The van der Waals surface area contributed by atoms with Gasteiger partial charge in [0.05, 0.1) is 0 Å². The Labute approximate surface area is 51.9 Å². The van der Waals surface area contributed by atoms with Crippen molar-refractivity contribution in [2.75, 3.05) is 0 Å². The average molecular weight is 127 g/mol. The van der Waals surface area contributed by atoms with Crippen molar-refractivity contribution in [3.8, 4) is 0 Å². The van der Waals surface area contributed by atoms with E-state index in [1.54, 1.807) is 18.3 Å². The van der Waals surface area contributed by atoms with E-state index in [2.05, 4.69) is 4.98 Å². The van der Waals surface area contributed by atoms with E-state index in [0.29, 0.717) is 5.56 Å². The number of nitrogens with zero attached hydrogens (tertiary/aromatic N) is 1. The lowest BCUT2D eigenvalue weighted by molar-refractivity contribution is 0.112. The molecule has 1 aromatic rings. The van der Waals surface area contributed by atoms with Crippen LogP contribution >= 0.6 is 0 Å². The van der Waals surface area contributed by atoms with Crippen molar-refractivity contribution in [2.45, 2.75) is 0 Å². The van der Waals surface area contributed by atoms with Gasteiger partial charge in [-0.15, -0.1) is 0 Å². The fourth-order valence-corrected chi connectivity index (χ4v) is 0.446. The molecule has 1 aromatic heterocycles. The fourth-order valence-electron chi connectivity index (χ4n) is 0.446. The molecule has 0 N–H and O–H groups in total. The van der Waals surface area contributed by atoms with Crippen LogP contribution in [0, 0.1) is 0 Å². The molecular weight excluding hydrogens is 121 g/mol. The molecule has 0 atom stereocenters. The molecule has 0 fully saturated rings. The molecule has 0 spiro atoms. The van der Waals surface area contributed by atoms with Gasteiger partial charge in [-0.2, -0.15) is 0 Å². The number of hydrogen-bond donors (Lipinski definition) is 0. The van der Waals surface area contributed by atoms with Crippen LogP contribution in [0.1, 0.15) is 10.4 Å². The predicted molar refractivity (Wildman–Crippen MR) is 32.1 cm³/mol. The Morgan fingerprint density at radius 2 is 2.33 bits per heavy atom. The maximum absolute atomic E-state index is 9.97. The van der Waals surface area contributed by atoms with E-state index in [-0.39, 0.29) is 4.70 Å². The minimum absolute atomic E-state index is 0. The normalized spacial score (nSPS) is 7.56. The molecule has 0 bridgehead atoms. The molecule has 0 aliphatic heterocycles. The first-order valence-corrected chi connectivity index (χ1v) is 2.28. The molecule has 9 heavy (non-hydrogen) atoms. The van der Waals surface area contributed by atoms with Crippen molar-refractivity contribution in [1.82, 2.24) is 4.98 Å². The van der Waals surface area contributed by atoms with E-state index in [1.165, 1.54) is 6.20 Å². The van der Waals surface area contributed by atoms with Crippen LogP contribution in [0.15, 0.2) is 24.5 Å². The molecule has 0 radical (unpaired) electrons. The number of carbonyl (C=O) groups is 1. The SMILES string of the molecule is F.O=Cc1cccnc1. The third kappa shape index (κ3) is 1.99. The van der Waals surface area contributed by atoms with E-state index in [9.17, 15) is 4.79 Å². The number of halogens is 1. The van der Waals surface area contributed by atoms with Gasteiger partial charge >= 0.3 is 0 Å². The van der Waals surface area contributed by atoms with Crippen LogP contribution in [0.25, 0.3) is 0 Å². The van der Waals surface area contributed by atoms with Crippen LogP contribution in [0.3, 0.4) is 0 Å². The highest BCUT2D eigenvalue weighted by Crippen LogP contribution is 1.87. The molecule has 0 amide bonds. The van der Waals surface area contributed by atoms with E-state index < -0.39 is 0 Å². The Hall–Kier alpha value is -1.25. The second-order valence-corrected chi connectivity index (χ2v) is 1.40. The van der Waals surface area contributed by atoms with Crippen molar-refractivity contribution in [1.29, 1.82) is 0 Å². The van der Waals surface area contributed by atoms with E-state index in [4.69, 9.17) is 0 Å². The summed E-state index contributed by atoms with van der Waals surface area (Å²) in [6, 6.07) is 3.43. The zero-order valence-electron chi connectivity index (χ0n) is 4.65. The van der Waals surface area contributed by atoms with Crippen LogP contribution in [-0.2, 0) is 0 Å². The highest BCUT2D eigenvalue weighted by atomic mass is 19.0. The van der Waals surface area contributed by atoms with Gasteiger partial charge in [0.2, 0.25) is 0 Å². The lowest BCUT2D eigenvalue weighted by Crippen LogP contribution is -1.77. The quantitative estimate of drug-likeness (QED) is 0.528. The number of carbonyl (C=O) groups excluding carboxylic acids is 1. The lowest BCUT2D eigenvalue weighted by atomic mass is 10.3. The zero-order valence-corrected chi connectivity index (χ0v) is 4.65. The molecule has 0 aromatic carbocycles. The van der Waals surface area contributed by atoms with Gasteiger partial charge in [-0.05, 0) is 12.1 Å². The average Bonchev–Trinajstić information content (AvgIpc) is 1.90. The first-order valence-electron chi connectivity index (χ1n) is 2.28. The van der Waals surface area contributed by atoms with Gasteiger partial charge in [0, 0.05) is 18.0 Å². The smallest absolute Gasteiger partial charge is 0.151 e. The van der Waals surface area contributed by atoms with Gasteiger partial charge in [0.25, 0.3) is 0 Å². The van der Waals surface area contributed by atoms with Crippen molar-refractivity contribution >= 4 is 6.29 Å². The third-order valence-corrected chi connectivity index (χ3v) is 0.820. The first kappa shape index (κ1) is 7.75. The van der Waals surface area contributed by atoms with Crippen LogP contribution in [0.2, 0.25) is 0 Å². The molecule has 0 saturated carbocycles. The minimum atomic E-state index is 0. The summed E-state index contributed by atoms with van der Waals surface area (Å²) in [6.07, 6.45) is 3.92. The van der Waals surface area contributed by atoms with E-state index in [1.807, 2.05) is 0 Å². The third-order valence-electron chi connectivity index (χ3n) is 0.820.